The highest BCUT2D eigenvalue weighted by molar-refractivity contribution is 6.30. The van der Waals surface area contributed by atoms with Gasteiger partial charge in [-0.1, -0.05) is 18.5 Å². The molecule has 5 nitrogen and oxygen atoms in total. The van der Waals surface area contributed by atoms with E-state index in [0.29, 0.717) is 23.1 Å². The Kier molecular flexibility index (Phi) is 4.15. The van der Waals surface area contributed by atoms with Crippen LogP contribution in [0.5, 0.6) is 5.75 Å². The summed E-state index contributed by atoms with van der Waals surface area (Å²) in [7, 11) is 0. The molecule has 7 heteroatoms. The smallest absolute Gasteiger partial charge is 0.265 e. The Morgan fingerprint density at radius 3 is 2.84 bits per heavy atom. The van der Waals surface area contributed by atoms with Crippen LogP contribution < -0.4 is 9.64 Å². The van der Waals surface area contributed by atoms with Crippen LogP contribution in [-0.2, 0) is 17.6 Å². The molecule has 2 aliphatic rings. The molecule has 0 atom stereocenters. The van der Waals surface area contributed by atoms with Crippen LogP contribution in [0.15, 0.2) is 12.1 Å². The number of amides is 1. The topological polar surface area (TPSA) is 47.4 Å². The van der Waals surface area contributed by atoms with Gasteiger partial charge in [0.1, 0.15) is 16.6 Å². The van der Waals surface area contributed by atoms with Crippen LogP contribution in [0.25, 0.3) is 5.69 Å². The Balaban J connectivity index is 1.84. The van der Waals surface area contributed by atoms with Crippen molar-refractivity contribution >= 4 is 23.2 Å². The molecule has 0 unspecified atom stereocenters. The number of nitrogens with zero attached hydrogens (tertiary/aromatic N) is 3. The van der Waals surface area contributed by atoms with Gasteiger partial charge in [-0.25, -0.2) is 9.07 Å². The zero-order valence-electron chi connectivity index (χ0n) is 14.0. The molecule has 0 saturated heterocycles. The summed E-state index contributed by atoms with van der Waals surface area (Å²) in [5.41, 5.74) is 2.76. The fraction of sp³-hybridized carbons (Fsp3) is 0.444. The highest BCUT2D eigenvalue weighted by Gasteiger charge is 2.28. The largest absolute Gasteiger partial charge is 0.481 e. The summed E-state index contributed by atoms with van der Waals surface area (Å²) in [5, 5.41) is 4.98. The molecule has 0 saturated carbocycles. The quantitative estimate of drug-likeness (QED) is 0.835. The summed E-state index contributed by atoms with van der Waals surface area (Å²) in [4.78, 5) is 13.8. The summed E-state index contributed by atoms with van der Waals surface area (Å²) in [6.45, 7) is 2.48. The van der Waals surface area contributed by atoms with E-state index in [1.54, 1.807) is 11.0 Å². The first-order valence-corrected chi connectivity index (χ1v) is 9.01. The number of carbonyl (C=O) groups excluding carboxylic acids is 1. The van der Waals surface area contributed by atoms with Crippen LogP contribution in [0.4, 0.5) is 10.1 Å². The average molecular weight is 364 g/mol. The monoisotopic (exact) mass is 363 g/mol. The number of rotatable bonds is 3. The standard InChI is InChI=1S/C18H19ClFN3O2/c1-2-7-22-15-9-14(12(20)8-16(15)25-10-17(22)24)23-18(19)11-5-3-4-6-13(11)21-23/h8-9H,2-7,10H2,1H3. The van der Waals surface area contributed by atoms with Gasteiger partial charge in [-0.2, -0.15) is 5.10 Å². The molecule has 0 radical (unpaired) electrons. The molecule has 25 heavy (non-hydrogen) atoms. The normalized spacial score (nSPS) is 16.4. The van der Waals surface area contributed by atoms with Gasteiger partial charge in [-0.15, -0.1) is 0 Å². The van der Waals surface area contributed by atoms with Gasteiger partial charge in [0.25, 0.3) is 5.91 Å². The molecule has 0 fully saturated rings. The summed E-state index contributed by atoms with van der Waals surface area (Å²) in [5.74, 6) is -0.216. The number of halogens is 2. The first-order chi connectivity index (χ1) is 12.1. The third-order valence-electron chi connectivity index (χ3n) is 4.74. The highest BCUT2D eigenvalue weighted by Crippen LogP contribution is 2.38. The molecule has 1 aliphatic heterocycles. The minimum Gasteiger partial charge on any atom is -0.481 e. The average Bonchev–Trinajstić information content (AvgIpc) is 2.94. The maximum absolute atomic E-state index is 14.7. The van der Waals surface area contributed by atoms with Gasteiger partial charge in [0, 0.05) is 18.2 Å². The van der Waals surface area contributed by atoms with E-state index in [-0.39, 0.29) is 18.2 Å². The fourth-order valence-electron chi connectivity index (χ4n) is 3.52. The van der Waals surface area contributed by atoms with E-state index in [2.05, 4.69) is 5.10 Å². The predicted octanol–water partition coefficient (Wildman–Crippen LogP) is 3.68. The van der Waals surface area contributed by atoms with Gasteiger partial charge in [0.15, 0.2) is 12.4 Å². The Morgan fingerprint density at radius 1 is 1.28 bits per heavy atom. The number of anilines is 1. The predicted molar refractivity (Wildman–Crippen MR) is 93.3 cm³/mol. The number of aromatic nitrogens is 2. The molecule has 0 N–H and O–H groups in total. The Bertz CT molecular complexity index is 849. The molecule has 0 spiro atoms. The van der Waals surface area contributed by atoms with Gasteiger partial charge in [0.2, 0.25) is 0 Å². The van der Waals surface area contributed by atoms with Crippen LogP contribution in [0.2, 0.25) is 5.15 Å². The zero-order valence-corrected chi connectivity index (χ0v) is 14.8. The van der Waals surface area contributed by atoms with Crippen molar-refractivity contribution in [3.05, 3.63) is 34.4 Å². The van der Waals surface area contributed by atoms with Crippen molar-refractivity contribution in [3.8, 4) is 11.4 Å². The van der Waals surface area contributed by atoms with Gasteiger partial charge in [-0.3, -0.25) is 4.79 Å². The van der Waals surface area contributed by atoms with E-state index in [4.69, 9.17) is 16.3 Å². The van der Waals surface area contributed by atoms with Gasteiger partial charge < -0.3 is 9.64 Å². The van der Waals surface area contributed by atoms with Crippen molar-refractivity contribution in [1.82, 2.24) is 9.78 Å². The van der Waals surface area contributed by atoms with Crippen molar-refractivity contribution in [2.75, 3.05) is 18.1 Å². The first kappa shape index (κ1) is 16.4. The Morgan fingerprint density at radius 2 is 2.08 bits per heavy atom. The van der Waals surface area contributed by atoms with E-state index >= 15 is 0 Å². The number of carbonyl (C=O) groups is 1. The van der Waals surface area contributed by atoms with E-state index < -0.39 is 5.82 Å². The number of benzene rings is 1. The van der Waals surface area contributed by atoms with Crippen LogP contribution in [0.3, 0.4) is 0 Å². The lowest BCUT2D eigenvalue weighted by atomic mass is 9.99. The highest BCUT2D eigenvalue weighted by atomic mass is 35.5. The minimum absolute atomic E-state index is 0.0669. The second kappa shape index (κ2) is 6.33. The van der Waals surface area contributed by atoms with E-state index in [1.165, 1.54) is 10.7 Å². The summed E-state index contributed by atoms with van der Waals surface area (Å²) >= 11 is 6.48. The van der Waals surface area contributed by atoms with E-state index in [9.17, 15) is 9.18 Å². The number of aryl methyl sites for hydroxylation is 1. The van der Waals surface area contributed by atoms with Crippen LogP contribution in [0, 0.1) is 5.82 Å². The molecular formula is C18H19ClFN3O2. The molecule has 2 heterocycles. The number of hydrogen-bond acceptors (Lipinski definition) is 3. The van der Waals surface area contributed by atoms with Crippen LogP contribution >= 0.6 is 11.6 Å². The van der Waals surface area contributed by atoms with Gasteiger partial charge in [-0.05, 0) is 38.2 Å². The molecule has 4 rings (SSSR count). The lowest BCUT2D eigenvalue weighted by Crippen LogP contribution is -2.39. The Hall–Kier alpha value is -2.08. The molecule has 2 aromatic rings. The lowest BCUT2D eigenvalue weighted by Gasteiger charge is -2.29. The molecule has 1 aliphatic carbocycles. The second-order valence-corrected chi connectivity index (χ2v) is 6.80. The Labute approximate surface area is 150 Å². The zero-order chi connectivity index (χ0) is 17.6. The molecule has 0 bridgehead atoms. The number of hydrogen-bond donors (Lipinski definition) is 0. The molecular weight excluding hydrogens is 345 g/mol. The summed E-state index contributed by atoms with van der Waals surface area (Å²) in [6, 6.07) is 2.93. The third-order valence-corrected chi connectivity index (χ3v) is 5.13. The SMILES string of the molecule is CCCN1C(=O)COc2cc(F)c(-n3nc4c(c3Cl)CCCC4)cc21. The lowest BCUT2D eigenvalue weighted by molar-refractivity contribution is -0.121. The molecule has 1 aromatic heterocycles. The van der Waals surface area contributed by atoms with Crippen LogP contribution in [-0.4, -0.2) is 28.8 Å². The van der Waals surface area contributed by atoms with Gasteiger partial charge >= 0.3 is 0 Å². The first-order valence-electron chi connectivity index (χ1n) is 8.63. The van der Waals surface area contributed by atoms with Crippen molar-refractivity contribution in [2.24, 2.45) is 0 Å². The number of ether oxygens (including phenoxy) is 1. The number of fused-ring (bicyclic) bond motifs is 2. The molecule has 1 amide bonds. The van der Waals surface area contributed by atoms with Crippen LogP contribution in [0.1, 0.15) is 37.4 Å². The third kappa shape index (κ3) is 2.68. The summed E-state index contributed by atoms with van der Waals surface area (Å²) in [6.07, 6.45) is 4.66. The van der Waals surface area contributed by atoms with Crippen molar-refractivity contribution in [3.63, 3.8) is 0 Å². The summed E-state index contributed by atoms with van der Waals surface area (Å²) < 4.78 is 21.6. The van der Waals surface area contributed by atoms with Crippen molar-refractivity contribution in [1.29, 1.82) is 0 Å². The molecule has 1 aromatic carbocycles. The van der Waals surface area contributed by atoms with Crippen molar-refractivity contribution in [2.45, 2.75) is 39.0 Å². The minimum atomic E-state index is -0.466. The fourth-order valence-corrected chi connectivity index (χ4v) is 3.85. The van der Waals surface area contributed by atoms with Gasteiger partial charge in [0.05, 0.1) is 11.4 Å². The maximum Gasteiger partial charge on any atom is 0.265 e. The maximum atomic E-state index is 14.7. The van der Waals surface area contributed by atoms with Crippen molar-refractivity contribution < 1.29 is 13.9 Å². The molecule has 132 valence electrons. The van der Waals surface area contributed by atoms with E-state index in [1.807, 2.05) is 6.92 Å². The second-order valence-electron chi connectivity index (χ2n) is 6.44. The van der Waals surface area contributed by atoms with E-state index in [0.717, 1.165) is 43.4 Å².